The van der Waals surface area contributed by atoms with Crippen molar-refractivity contribution in [3.63, 3.8) is 0 Å². The van der Waals surface area contributed by atoms with E-state index in [9.17, 15) is 31.1 Å². The Hall–Kier alpha value is -1.93. The number of benzene rings is 1. The van der Waals surface area contributed by atoms with Gasteiger partial charge >= 0.3 is 12.4 Å². The first kappa shape index (κ1) is 17.1. The first-order chi connectivity index (χ1) is 9.34. The maximum Gasteiger partial charge on any atom is 0.409 e. The molecule has 0 saturated heterocycles. The van der Waals surface area contributed by atoms with E-state index >= 15 is 0 Å². The lowest BCUT2D eigenvalue weighted by atomic mass is 10.1. The SMILES string of the molecule is Cc1cc(C)c(NC(=O)C(C(F)(F)F)C(F)(F)F)cc1N. The van der Waals surface area contributed by atoms with Crippen molar-refractivity contribution in [3.05, 3.63) is 23.3 Å². The number of anilines is 2. The third kappa shape index (κ3) is 4.02. The molecule has 0 bridgehead atoms. The van der Waals surface area contributed by atoms with Crippen LogP contribution in [0.5, 0.6) is 0 Å². The Morgan fingerprint density at radius 2 is 1.52 bits per heavy atom. The Morgan fingerprint density at radius 1 is 1.05 bits per heavy atom. The summed E-state index contributed by atoms with van der Waals surface area (Å²) in [5.74, 6) is -6.28. The Morgan fingerprint density at radius 3 is 1.95 bits per heavy atom. The van der Waals surface area contributed by atoms with Crippen LogP contribution in [-0.2, 0) is 4.79 Å². The van der Waals surface area contributed by atoms with E-state index in [1.807, 2.05) is 0 Å². The van der Waals surface area contributed by atoms with Crippen LogP contribution in [0.25, 0.3) is 0 Å². The van der Waals surface area contributed by atoms with Crippen molar-refractivity contribution >= 4 is 17.3 Å². The largest absolute Gasteiger partial charge is 0.409 e. The highest BCUT2D eigenvalue weighted by Crippen LogP contribution is 2.40. The van der Waals surface area contributed by atoms with Gasteiger partial charge in [0.05, 0.1) is 0 Å². The monoisotopic (exact) mass is 314 g/mol. The van der Waals surface area contributed by atoms with E-state index in [2.05, 4.69) is 0 Å². The minimum Gasteiger partial charge on any atom is -0.398 e. The summed E-state index contributed by atoms with van der Waals surface area (Å²) in [5, 5.41) is 1.63. The number of carbonyl (C=O) groups is 1. The van der Waals surface area contributed by atoms with Gasteiger partial charge in [-0.05, 0) is 31.0 Å². The molecule has 0 atom stereocenters. The highest BCUT2D eigenvalue weighted by atomic mass is 19.4. The molecule has 1 aromatic rings. The summed E-state index contributed by atoms with van der Waals surface area (Å²) in [6.45, 7) is 3.04. The van der Waals surface area contributed by atoms with Gasteiger partial charge in [0.15, 0.2) is 0 Å². The second-order valence-corrected chi connectivity index (χ2v) is 4.53. The number of nitrogens with two attached hydrogens (primary N) is 1. The number of halogens is 6. The molecule has 118 valence electrons. The molecule has 3 nitrogen and oxygen atoms in total. The van der Waals surface area contributed by atoms with Crippen LogP contribution in [0, 0.1) is 19.8 Å². The fourth-order valence-electron chi connectivity index (χ4n) is 1.69. The predicted molar refractivity (Wildman–Crippen MR) is 64.6 cm³/mol. The molecular weight excluding hydrogens is 302 g/mol. The van der Waals surface area contributed by atoms with Crippen LogP contribution in [-0.4, -0.2) is 18.3 Å². The fraction of sp³-hybridized carbons (Fsp3) is 0.417. The smallest absolute Gasteiger partial charge is 0.398 e. The van der Waals surface area contributed by atoms with Crippen LogP contribution >= 0.6 is 0 Å². The lowest BCUT2D eigenvalue weighted by Gasteiger charge is -2.22. The number of rotatable bonds is 2. The topological polar surface area (TPSA) is 55.1 Å². The molecule has 1 amide bonds. The number of alkyl halides is 6. The lowest BCUT2D eigenvalue weighted by molar-refractivity contribution is -0.272. The quantitative estimate of drug-likeness (QED) is 0.648. The van der Waals surface area contributed by atoms with E-state index in [-0.39, 0.29) is 11.4 Å². The zero-order valence-corrected chi connectivity index (χ0v) is 11.0. The number of nitrogens with one attached hydrogen (secondary N) is 1. The minimum atomic E-state index is -5.73. The summed E-state index contributed by atoms with van der Waals surface area (Å²) < 4.78 is 74.4. The number of nitrogen functional groups attached to an aromatic ring is 1. The molecule has 1 aromatic carbocycles. The molecule has 0 aliphatic heterocycles. The molecule has 21 heavy (non-hydrogen) atoms. The third-order valence-corrected chi connectivity index (χ3v) is 2.79. The maximum atomic E-state index is 12.4. The Kier molecular flexibility index (Phi) is 4.45. The van der Waals surface area contributed by atoms with Crippen molar-refractivity contribution in [1.82, 2.24) is 0 Å². The van der Waals surface area contributed by atoms with Gasteiger partial charge in [0.1, 0.15) is 0 Å². The molecule has 0 saturated carbocycles. The van der Waals surface area contributed by atoms with E-state index in [0.29, 0.717) is 11.1 Å². The third-order valence-electron chi connectivity index (χ3n) is 2.79. The van der Waals surface area contributed by atoms with Gasteiger partial charge in [0.25, 0.3) is 0 Å². The zero-order valence-electron chi connectivity index (χ0n) is 11.0. The van der Waals surface area contributed by atoms with Gasteiger partial charge in [-0.15, -0.1) is 0 Å². The van der Waals surface area contributed by atoms with Crippen molar-refractivity contribution in [3.8, 4) is 0 Å². The normalized spacial score (nSPS) is 12.6. The van der Waals surface area contributed by atoms with Gasteiger partial charge in [-0.3, -0.25) is 4.79 Å². The number of aryl methyl sites for hydroxylation is 2. The molecule has 1 rings (SSSR count). The molecule has 0 heterocycles. The first-order valence-electron chi connectivity index (χ1n) is 5.65. The van der Waals surface area contributed by atoms with Gasteiger partial charge in [0.2, 0.25) is 11.8 Å². The molecule has 0 aromatic heterocycles. The molecule has 0 aliphatic carbocycles. The average molecular weight is 314 g/mol. The second-order valence-electron chi connectivity index (χ2n) is 4.53. The molecular formula is C12H12F6N2O. The zero-order chi connectivity index (χ0) is 16.6. The van der Waals surface area contributed by atoms with Gasteiger partial charge < -0.3 is 11.1 Å². The summed E-state index contributed by atoms with van der Waals surface area (Å²) in [4.78, 5) is 11.4. The van der Waals surface area contributed by atoms with Crippen LogP contribution < -0.4 is 11.1 Å². The summed E-state index contributed by atoms with van der Waals surface area (Å²) in [7, 11) is 0. The summed E-state index contributed by atoms with van der Waals surface area (Å²) >= 11 is 0. The van der Waals surface area contributed by atoms with Crippen molar-refractivity contribution in [1.29, 1.82) is 0 Å². The van der Waals surface area contributed by atoms with E-state index in [4.69, 9.17) is 5.73 Å². The summed E-state index contributed by atoms with van der Waals surface area (Å²) in [6, 6.07) is 2.56. The average Bonchev–Trinajstić information content (AvgIpc) is 2.21. The molecule has 0 unspecified atom stereocenters. The van der Waals surface area contributed by atoms with Crippen LogP contribution in [0.4, 0.5) is 37.7 Å². The molecule has 3 N–H and O–H groups in total. The molecule has 0 fully saturated rings. The molecule has 0 spiro atoms. The minimum absolute atomic E-state index is 0.145. The van der Waals surface area contributed by atoms with E-state index in [1.165, 1.54) is 13.0 Å². The molecule has 9 heteroatoms. The number of carbonyl (C=O) groups excluding carboxylic acids is 1. The first-order valence-corrected chi connectivity index (χ1v) is 5.65. The van der Waals surface area contributed by atoms with Crippen LogP contribution in [0.3, 0.4) is 0 Å². The summed E-state index contributed by atoms with van der Waals surface area (Å²) in [5.41, 5.74) is 6.36. The van der Waals surface area contributed by atoms with Crippen LogP contribution in [0.2, 0.25) is 0 Å². The van der Waals surface area contributed by atoms with Gasteiger partial charge in [-0.25, -0.2) is 0 Å². The maximum absolute atomic E-state index is 12.4. The fourth-order valence-corrected chi connectivity index (χ4v) is 1.69. The number of amides is 1. The molecule has 0 radical (unpaired) electrons. The Balaban J connectivity index is 3.12. The highest BCUT2D eigenvalue weighted by Gasteiger charge is 2.61. The lowest BCUT2D eigenvalue weighted by Crippen LogP contribution is -2.45. The van der Waals surface area contributed by atoms with Crippen molar-refractivity contribution < 1.29 is 31.1 Å². The van der Waals surface area contributed by atoms with Crippen molar-refractivity contribution in [2.45, 2.75) is 26.2 Å². The van der Waals surface area contributed by atoms with Gasteiger partial charge in [-0.2, -0.15) is 26.3 Å². The number of hydrogen-bond donors (Lipinski definition) is 2. The summed E-state index contributed by atoms with van der Waals surface area (Å²) in [6.07, 6.45) is -11.5. The number of hydrogen-bond acceptors (Lipinski definition) is 2. The molecule has 0 aliphatic rings. The van der Waals surface area contributed by atoms with E-state index in [1.54, 1.807) is 12.2 Å². The second kappa shape index (κ2) is 5.45. The Labute approximate surface area is 116 Å². The van der Waals surface area contributed by atoms with Crippen molar-refractivity contribution in [2.75, 3.05) is 11.1 Å². The van der Waals surface area contributed by atoms with Crippen LogP contribution in [0.1, 0.15) is 11.1 Å². The Bertz CT molecular complexity index is 536. The van der Waals surface area contributed by atoms with E-state index in [0.717, 1.165) is 6.07 Å². The standard InChI is InChI=1S/C12H12F6N2O/c1-5-3-6(2)8(4-7(5)19)20-10(21)9(11(13,14)15)12(16,17)18/h3-4,9H,19H2,1-2H3,(H,20,21). The van der Waals surface area contributed by atoms with Gasteiger partial charge in [0, 0.05) is 11.4 Å². The van der Waals surface area contributed by atoms with Gasteiger partial charge in [-0.1, -0.05) is 6.07 Å². The van der Waals surface area contributed by atoms with Crippen molar-refractivity contribution in [2.24, 2.45) is 5.92 Å². The predicted octanol–water partition coefficient (Wildman–Crippen LogP) is 3.56. The highest BCUT2D eigenvalue weighted by molar-refractivity contribution is 5.94. The van der Waals surface area contributed by atoms with E-state index < -0.39 is 24.2 Å². The van der Waals surface area contributed by atoms with Crippen LogP contribution in [0.15, 0.2) is 12.1 Å².